The van der Waals surface area contributed by atoms with E-state index >= 15 is 0 Å². The monoisotopic (exact) mass is 319 g/mol. The average Bonchev–Trinajstić information content (AvgIpc) is 2.72. The predicted molar refractivity (Wildman–Crippen MR) is 89.1 cm³/mol. The third-order valence-electron chi connectivity index (χ3n) is 4.34. The molecule has 1 aromatic carbocycles. The standard InChI is InChI=1S/C18H22ClNO2/c1-17(2,3)22-16(21)14-11-18(6-8-20-9-7-18)15-5-4-12(19)10-13(14)15/h4-5,10-11,20H,6-9H2,1-3H3. The first-order valence-corrected chi connectivity index (χ1v) is 8.16. The van der Waals surface area contributed by atoms with E-state index in [1.807, 2.05) is 32.9 Å². The molecule has 0 unspecified atom stereocenters. The summed E-state index contributed by atoms with van der Waals surface area (Å²) in [6.07, 6.45) is 4.10. The molecule has 118 valence electrons. The highest BCUT2D eigenvalue weighted by atomic mass is 35.5. The molecule has 0 amide bonds. The van der Waals surface area contributed by atoms with E-state index < -0.39 is 5.60 Å². The van der Waals surface area contributed by atoms with Crippen LogP contribution in [0.1, 0.15) is 44.7 Å². The minimum absolute atomic E-state index is 0.0581. The van der Waals surface area contributed by atoms with Crippen LogP contribution in [0.4, 0.5) is 0 Å². The van der Waals surface area contributed by atoms with Crippen LogP contribution in [-0.2, 0) is 14.9 Å². The van der Waals surface area contributed by atoms with Crippen molar-refractivity contribution in [3.05, 3.63) is 40.4 Å². The van der Waals surface area contributed by atoms with Gasteiger partial charge in [0.25, 0.3) is 0 Å². The van der Waals surface area contributed by atoms with Crippen LogP contribution in [0.2, 0.25) is 5.02 Å². The highest BCUT2D eigenvalue weighted by Crippen LogP contribution is 2.47. The van der Waals surface area contributed by atoms with Crippen molar-refractivity contribution in [2.75, 3.05) is 13.1 Å². The predicted octanol–water partition coefficient (Wildman–Crippen LogP) is 3.70. The van der Waals surface area contributed by atoms with Crippen LogP contribution in [-0.4, -0.2) is 24.7 Å². The molecule has 1 aliphatic heterocycles. The summed E-state index contributed by atoms with van der Waals surface area (Å²) in [5.74, 6) is -0.258. The van der Waals surface area contributed by atoms with E-state index in [2.05, 4.69) is 17.5 Å². The molecule has 0 bridgehead atoms. The minimum atomic E-state index is -0.499. The van der Waals surface area contributed by atoms with E-state index in [4.69, 9.17) is 16.3 Å². The van der Waals surface area contributed by atoms with Crippen molar-refractivity contribution in [2.24, 2.45) is 0 Å². The topological polar surface area (TPSA) is 38.3 Å². The second-order valence-electron chi connectivity index (χ2n) is 7.16. The fourth-order valence-corrected chi connectivity index (χ4v) is 3.57. The normalized spacial score (nSPS) is 19.7. The molecule has 2 aliphatic rings. The molecule has 1 saturated heterocycles. The summed E-state index contributed by atoms with van der Waals surface area (Å²) in [6, 6.07) is 5.87. The molecule has 1 spiro atoms. The van der Waals surface area contributed by atoms with Crippen molar-refractivity contribution < 1.29 is 9.53 Å². The van der Waals surface area contributed by atoms with Crippen molar-refractivity contribution in [1.29, 1.82) is 0 Å². The number of carbonyl (C=O) groups is 1. The smallest absolute Gasteiger partial charge is 0.338 e. The number of ether oxygens (including phenoxy) is 1. The maximum absolute atomic E-state index is 12.6. The molecule has 1 heterocycles. The second kappa shape index (κ2) is 5.39. The molecule has 0 atom stereocenters. The molecule has 22 heavy (non-hydrogen) atoms. The number of allylic oxidation sites excluding steroid dienone is 1. The third-order valence-corrected chi connectivity index (χ3v) is 4.58. The Balaban J connectivity index is 2.04. The number of esters is 1. The number of piperidine rings is 1. The molecule has 1 fully saturated rings. The second-order valence-corrected chi connectivity index (χ2v) is 7.59. The summed E-state index contributed by atoms with van der Waals surface area (Å²) in [6.45, 7) is 7.58. The SMILES string of the molecule is CC(C)(C)OC(=O)C1=CC2(CCNCC2)c2ccc(Cl)cc21. The third kappa shape index (κ3) is 2.80. The molecular formula is C18H22ClNO2. The van der Waals surface area contributed by atoms with E-state index in [0.717, 1.165) is 31.5 Å². The molecule has 1 aliphatic carbocycles. The molecule has 1 aromatic rings. The van der Waals surface area contributed by atoms with Crippen LogP contribution in [0.3, 0.4) is 0 Å². The molecule has 4 heteroatoms. The molecular weight excluding hydrogens is 298 g/mol. The Labute approximate surface area is 136 Å². The number of carbonyl (C=O) groups excluding carboxylic acids is 1. The zero-order valence-electron chi connectivity index (χ0n) is 13.3. The van der Waals surface area contributed by atoms with Gasteiger partial charge in [0, 0.05) is 10.4 Å². The van der Waals surface area contributed by atoms with Gasteiger partial charge in [0.1, 0.15) is 5.60 Å². The van der Waals surface area contributed by atoms with Gasteiger partial charge in [-0.2, -0.15) is 0 Å². The molecule has 1 N–H and O–H groups in total. The maximum Gasteiger partial charge on any atom is 0.338 e. The zero-order valence-corrected chi connectivity index (χ0v) is 14.1. The molecule has 3 rings (SSSR count). The summed E-state index contributed by atoms with van der Waals surface area (Å²) in [5, 5.41) is 4.04. The summed E-state index contributed by atoms with van der Waals surface area (Å²) in [5.41, 5.74) is 2.25. The Bertz CT molecular complexity index is 637. The fourth-order valence-electron chi connectivity index (χ4n) is 3.39. The van der Waals surface area contributed by atoms with Crippen molar-refractivity contribution in [1.82, 2.24) is 5.32 Å². The van der Waals surface area contributed by atoms with Crippen molar-refractivity contribution in [2.45, 2.75) is 44.6 Å². The van der Waals surface area contributed by atoms with Crippen LogP contribution < -0.4 is 5.32 Å². The van der Waals surface area contributed by atoms with Gasteiger partial charge < -0.3 is 10.1 Å². The lowest BCUT2D eigenvalue weighted by Gasteiger charge is -2.33. The largest absolute Gasteiger partial charge is 0.456 e. The maximum atomic E-state index is 12.6. The Morgan fingerprint density at radius 3 is 2.59 bits per heavy atom. The first kappa shape index (κ1) is 15.6. The Hall–Kier alpha value is -1.32. The minimum Gasteiger partial charge on any atom is -0.456 e. The van der Waals surface area contributed by atoms with E-state index in [1.165, 1.54) is 5.56 Å². The summed E-state index contributed by atoms with van der Waals surface area (Å²) in [4.78, 5) is 12.6. The molecule has 3 nitrogen and oxygen atoms in total. The van der Waals surface area contributed by atoms with Gasteiger partial charge in [-0.25, -0.2) is 4.79 Å². The van der Waals surface area contributed by atoms with Crippen LogP contribution in [0.5, 0.6) is 0 Å². The number of nitrogens with one attached hydrogen (secondary N) is 1. The first-order chi connectivity index (χ1) is 10.3. The van der Waals surface area contributed by atoms with Crippen molar-refractivity contribution in [3.8, 4) is 0 Å². The fraction of sp³-hybridized carbons (Fsp3) is 0.500. The van der Waals surface area contributed by atoms with Crippen LogP contribution in [0.15, 0.2) is 24.3 Å². The summed E-state index contributed by atoms with van der Waals surface area (Å²) < 4.78 is 5.59. The number of benzene rings is 1. The summed E-state index contributed by atoms with van der Waals surface area (Å²) >= 11 is 6.16. The number of fused-ring (bicyclic) bond motifs is 2. The van der Waals surface area contributed by atoms with Gasteiger partial charge in [-0.15, -0.1) is 0 Å². The van der Waals surface area contributed by atoms with E-state index in [-0.39, 0.29) is 11.4 Å². The Kier molecular flexibility index (Phi) is 3.82. The first-order valence-electron chi connectivity index (χ1n) is 7.78. The van der Waals surface area contributed by atoms with Crippen molar-refractivity contribution in [3.63, 3.8) is 0 Å². The van der Waals surface area contributed by atoms with Crippen LogP contribution >= 0.6 is 11.6 Å². The highest BCUT2D eigenvalue weighted by molar-refractivity contribution is 6.31. The zero-order chi connectivity index (χ0) is 16.0. The molecule has 0 aromatic heterocycles. The summed E-state index contributed by atoms with van der Waals surface area (Å²) in [7, 11) is 0. The number of rotatable bonds is 1. The number of halogens is 1. The number of hydrogen-bond donors (Lipinski definition) is 1. The van der Waals surface area contributed by atoms with E-state index in [0.29, 0.717) is 10.6 Å². The van der Waals surface area contributed by atoms with Gasteiger partial charge in [0.15, 0.2) is 0 Å². The van der Waals surface area contributed by atoms with Gasteiger partial charge in [-0.3, -0.25) is 0 Å². The van der Waals surface area contributed by atoms with Crippen LogP contribution in [0.25, 0.3) is 5.57 Å². The van der Waals surface area contributed by atoms with Gasteiger partial charge in [-0.1, -0.05) is 23.7 Å². The number of hydrogen-bond acceptors (Lipinski definition) is 3. The van der Waals surface area contributed by atoms with Gasteiger partial charge in [0.2, 0.25) is 0 Å². The van der Waals surface area contributed by atoms with Gasteiger partial charge >= 0.3 is 5.97 Å². The van der Waals surface area contributed by atoms with Crippen molar-refractivity contribution >= 4 is 23.1 Å². The van der Waals surface area contributed by atoms with Gasteiger partial charge in [0.05, 0.1) is 5.57 Å². The molecule has 0 saturated carbocycles. The van der Waals surface area contributed by atoms with Gasteiger partial charge in [-0.05, 0) is 70.0 Å². The van der Waals surface area contributed by atoms with E-state index in [1.54, 1.807) is 0 Å². The van der Waals surface area contributed by atoms with Crippen LogP contribution in [0, 0.1) is 0 Å². The quantitative estimate of drug-likeness (QED) is 0.802. The average molecular weight is 320 g/mol. The van der Waals surface area contributed by atoms with E-state index in [9.17, 15) is 4.79 Å². The lowest BCUT2D eigenvalue weighted by atomic mass is 9.75. The molecule has 0 radical (unpaired) electrons. The highest BCUT2D eigenvalue weighted by Gasteiger charge is 2.41. The Morgan fingerprint density at radius 1 is 1.27 bits per heavy atom. The Morgan fingerprint density at radius 2 is 1.95 bits per heavy atom. The lowest BCUT2D eigenvalue weighted by molar-refractivity contribution is -0.147. The lowest BCUT2D eigenvalue weighted by Crippen LogP contribution is -2.37.